The molecular weight excluding hydrogens is 162 g/mol. The average molecular weight is 173 g/mol. The second-order valence-corrected chi connectivity index (χ2v) is 2.97. The predicted octanol–water partition coefficient (Wildman–Crippen LogP) is 1.89. The summed E-state index contributed by atoms with van der Waals surface area (Å²) in [5, 5.41) is 7.74. The van der Waals surface area contributed by atoms with Crippen LogP contribution in [-0.4, -0.2) is 15.0 Å². The molecule has 0 spiro atoms. The summed E-state index contributed by atoms with van der Waals surface area (Å²) in [5.74, 6) is 0. The van der Waals surface area contributed by atoms with Gasteiger partial charge in [-0.2, -0.15) is 0 Å². The standard InChI is InChI=1S/C10H11N3/c1-9(13-8-7-11-12-13)10-5-3-2-4-6-10/h2-9H,1H3/t9-/m1/s1. The van der Waals surface area contributed by atoms with Crippen LogP contribution in [-0.2, 0) is 0 Å². The molecule has 0 aliphatic rings. The van der Waals surface area contributed by atoms with Crippen LogP contribution in [0.3, 0.4) is 0 Å². The molecule has 1 aromatic carbocycles. The second kappa shape index (κ2) is 3.39. The molecule has 0 fully saturated rings. The maximum atomic E-state index is 3.96. The highest BCUT2D eigenvalue weighted by Crippen LogP contribution is 2.14. The van der Waals surface area contributed by atoms with E-state index < -0.39 is 0 Å². The summed E-state index contributed by atoms with van der Waals surface area (Å²) < 4.78 is 1.84. The van der Waals surface area contributed by atoms with Gasteiger partial charge in [-0.05, 0) is 12.5 Å². The highest BCUT2D eigenvalue weighted by atomic mass is 15.4. The Kier molecular flexibility index (Phi) is 2.08. The monoisotopic (exact) mass is 173 g/mol. The largest absolute Gasteiger partial charge is 0.245 e. The number of hydrogen-bond acceptors (Lipinski definition) is 2. The first-order valence-electron chi connectivity index (χ1n) is 4.28. The SMILES string of the molecule is C[C@H](c1ccccc1)n1ccnn1. The Balaban J connectivity index is 2.29. The summed E-state index contributed by atoms with van der Waals surface area (Å²) in [6, 6.07) is 10.5. The zero-order valence-corrected chi connectivity index (χ0v) is 7.46. The number of aromatic nitrogens is 3. The molecule has 1 aromatic heterocycles. The van der Waals surface area contributed by atoms with Crippen LogP contribution in [0.25, 0.3) is 0 Å². The summed E-state index contributed by atoms with van der Waals surface area (Å²) in [6.45, 7) is 2.10. The Hall–Kier alpha value is -1.64. The zero-order chi connectivity index (χ0) is 9.10. The topological polar surface area (TPSA) is 30.7 Å². The smallest absolute Gasteiger partial charge is 0.0758 e. The lowest BCUT2D eigenvalue weighted by atomic mass is 10.1. The lowest BCUT2D eigenvalue weighted by molar-refractivity contribution is 0.543. The zero-order valence-electron chi connectivity index (χ0n) is 7.46. The van der Waals surface area contributed by atoms with Crippen LogP contribution in [0.4, 0.5) is 0 Å². The Labute approximate surface area is 77.0 Å². The third-order valence-corrected chi connectivity index (χ3v) is 2.12. The van der Waals surface area contributed by atoms with Crippen molar-refractivity contribution in [3.8, 4) is 0 Å². The van der Waals surface area contributed by atoms with Crippen molar-refractivity contribution in [2.24, 2.45) is 0 Å². The molecule has 0 saturated heterocycles. The summed E-state index contributed by atoms with van der Waals surface area (Å²) >= 11 is 0. The van der Waals surface area contributed by atoms with E-state index in [0.717, 1.165) is 0 Å². The minimum Gasteiger partial charge on any atom is -0.245 e. The molecule has 0 aliphatic carbocycles. The maximum Gasteiger partial charge on any atom is 0.0758 e. The van der Waals surface area contributed by atoms with Crippen LogP contribution in [0.1, 0.15) is 18.5 Å². The van der Waals surface area contributed by atoms with E-state index >= 15 is 0 Å². The van der Waals surface area contributed by atoms with Crippen LogP contribution in [0.5, 0.6) is 0 Å². The van der Waals surface area contributed by atoms with Crippen molar-refractivity contribution < 1.29 is 0 Å². The minimum absolute atomic E-state index is 0.253. The van der Waals surface area contributed by atoms with Gasteiger partial charge in [-0.1, -0.05) is 35.5 Å². The van der Waals surface area contributed by atoms with Gasteiger partial charge in [0.15, 0.2) is 0 Å². The van der Waals surface area contributed by atoms with Crippen molar-refractivity contribution in [2.75, 3.05) is 0 Å². The van der Waals surface area contributed by atoms with Crippen LogP contribution in [0, 0.1) is 0 Å². The molecule has 13 heavy (non-hydrogen) atoms. The quantitative estimate of drug-likeness (QED) is 0.694. The average Bonchev–Trinajstić information content (AvgIpc) is 2.71. The van der Waals surface area contributed by atoms with Gasteiger partial charge < -0.3 is 0 Å². The van der Waals surface area contributed by atoms with E-state index in [2.05, 4.69) is 29.4 Å². The van der Waals surface area contributed by atoms with Crippen LogP contribution in [0.15, 0.2) is 42.7 Å². The molecule has 0 amide bonds. The van der Waals surface area contributed by atoms with Crippen LogP contribution < -0.4 is 0 Å². The fourth-order valence-electron chi connectivity index (χ4n) is 1.31. The van der Waals surface area contributed by atoms with Gasteiger partial charge in [0, 0.05) is 6.20 Å². The lowest BCUT2D eigenvalue weighted by Crippen LogP contribution is -2.07. The predicted molar refractivity (Wildman–Crippen MR) is 50.3 cm³/mol. The third-order valence-electron chi connectivity index (χ3n) is 2.12. The van der Waals surface area contributed by atoms with Crippen molar-refractivity contribution >= 4 is 0 Å². The molecule has 0 bridgehead atoms. The van der Waals surface area contributed by atoms with E-state index in [4.69, 9.17) is 0 Å². The van der Waals surface area contributed by atoms with Gasteiger partial charge in [0.25, 0.3) is 0 Å². The van der Waals surface area contributed by atoms with Gasteiger partial charge in [0.05, 0.1) is 12.2 Å². The second-order valence-electron chi connectivity index (χ2n) is 2.97. The Morgan fingerprint density at radius 1 is 1.23 bits per heavy atom. The van der Waals surface area contributed by atoms with Gasteiger partial charge in [-0.3, -0.25) is 0 Å². The molecule has 66 valence electrons. The maximum absolute atomic E-state index is 3.96. The molecule has 0 unspecified atom stereocenters. The molecule has 1 heterocycles. The molecule has 0 N–H and O–H groups in total. The van der Waals surface area contributed by atoms with Gasteiger partial charge >= 0.3 is 0 Å². The van der Waals surface area contributed by atoms with Crippen molar-refractivity contribution in [3.05, 3.63) is 48.3 Å². The molecular formula is C10H11N3. The Bertz CT molecular complexity index is 353. The number of rotatable bonds is 2. The first-order chi connectivity index (χ1) is 6.38. The van der Waals surface area contributed by atoms with E-state index in [1.54, 1.807) is 6.20 Å². The highest BCUT2D eigenvalue weighted by Gasteiger charge is 2.06. The van der Waals surface area contributed by atoms with Gasteiger partial charge in [0.1, 0.15) is 0 Å². The molecule has 2 aromatic rings. The fourth-order valence-corrected chi connectivity index (χ4v) is 1.31. The van der Waals surface area contributed by atoms with E-state index in [-0.39, 0.29) is 6.04 Å². The third kappa shape index (κ3) is 1.59. The normalized spacial score (nSPS) is 12.7. The van der Waals surface area contributed by atoms with E-state index in [1.807, 2.05) is 29.1 Å². The van der Waals surface area contributed by atoms with Gasteiger partial charge in [-0.25, -0.2) is 4.68 Å². The molecule has 2 rings (SSSR count). The number of benzene rings is 1. The Morgan fingerprint density at radius 2 is 2.00 bits per heavy atom. The molecule has 3 nitrogen and oxygen atoms in total. The molecule has 0 saturated carbocycles. The summed E-state index contributed by atoms with van der Waals surface area (Å²) in [6.07, 6.45) is 3.57. The molecule has 0 radical (unpaired) electrons. The highest BCUT2D eigenvalue weighted by molar-refractivity contribution is 5.18. The van der Waals surface area contributed by atoms with Crippen molar-refractivity contribution in [1.82, 2.24) is 15.0 Å². The van der Waals surface area contributed by atoms with Crippen LogP contribution in [0.2, 0.25) is 0 Å². The number of nitrogens with zero attached hydrogens (tertiary/aromatic N) is 3. The van der Waals surface area contributed by atoms with Crippen molar-refractivity contribution in [2.45, 2.75) is 13.0 Å². The lowest BCUT2D eigenvalue weighted by Gasteiger charge is -2.10. The first kappa shape index (κ1) is 7.98. The van der Waals surface area contributed by atoms with Crippen LogP contribution >= 0.6 is 0 Å². The van der Waals surface area contributed by atoms with E-state index in [9.17, 15) is 0 Å². The van der Waals surface area contributed by atoms with Gasteiger partial charge in [-0.15, -0.1) is 5.10 Å². The van der Waals surface area contributed by atoms with Crippen molar-refractivity contribution in [1.29, 1.82) is 0 Å². The number of hydrogen-bond donors (Lipinski definition) is 0. The van der Waals surface area contributed by atoms with E-state index in [1.165, 1.54) is 5.56 Å². The fraction of sp³-hybridized carbons (Fsp3) is 0.200. The summed E-state index contributed by atoms with van der Waals surface area (Å²) in [5.41, 5.74) is 1.24. The molecule has 1 atom stereocenters. The van der Waals surface area contributed by atoms with E-state index in [0.29, 0.717) is 0 Å². The summed E-state index contributed by atoms with van der Waals surface area (Å²) in [7, 11) is 0. The van der Waals surface area contributed by atoms with Crippen molar-refractivity contribution in [3.63, 3.8) is 0 Å². The Morgan fingerprint density at radius 3 is 2.62 bits per heavy atom. The first-order valence-corrected chi connectivity index (χ1v) is 4.28. The molecule has 0 aliphatic heterocycles. The minimum atomic E-state index is 0.253. The molecule has 3 heteroatoms. The van der Waals surface area contributed by atoms with Gasteiger partial charge in [0.2, 0.25) is 0 Å². The summed E-state index contributed by atoms with van der Waals surface area (Å²) in [4.78, 5) is 0.